The van der Waals surface area contributed by atoms with E-state index in [0.717, 1.165) is 42.8 Å². The molecule has 10 nitrogen and oxygen atoms in total. The third-order valence-corrected chi connectivity index (χ3v) is 7.12. The number of ether oxygens (including phenoxy) is 2. The van der Waals surface area contributed by atoms with Crippen LogP contribution >= 0.6 is 11.5 Å². The van der Waals surface area contributed by atoms with Crippen LogP contribution in [-0.2, 0) is 11.2 Å². The van der Waals surface area contributed by atoms with Crippen molar-refractivity contribution in [3.63, 3.8) is 0 Å². The van der Waals surface area contributed by atoms with E-state index < -0.39 is 17.9 Å². The van der Waals surface area contributed by atoms with Crippen molar-refractivity contribution in [3.8, 4) is 11.5 Å². The lowest BCUT2D eigenvalue weighted by Gasteiger charge is -2.31. The third kappa shape index (κ3) is 6.02. The number of hydrogen-bond acceptors (Lipinski definition) is 8. The molecule has 3 amide bonds. The molecule has 0 aliphatic heterocycles. The minimum atomic E-state index is -0.805. The summed E-state index contributed by atoms with van der Waals surface area (Å²) in [5.74, 6) is -0.282. The van der Waals surface area contributed by atoms with Gasteiger partial charge in [-0.2, -0.15) is 4.37 Å². The molecule has 0 bridgehead atoms. The van der Waals surface area contributed by atoms with Gasteiger partial charge in [0.1, 0.15) is 10.9 Å². The number of anilines is 1. The number of rotatable bonds is 11. The molecule has 1 heterocycles. The Morgan fingerprint density at radius 1 is 1.20 bits per heavy atom. The average molecular weight is 504 g/mol. The summed E-state index contributed by atoms with van der Waals surface area (Å²) in [5.41, 5.74) is 12.1. The number of nitrogen functional groups attached to an aromatic ring is 1. The summed E-state index contributed by atoms with van der Waals surface area (Å²) >= 11 is 0.811. The monoisotopic (exact) mass is 503 g/mol. The van der Waals surface area contributed by atoms with Crippen LogP contribution in [0.4, 0.5) is 5.69 Å². The van der Waals surface area contributed by atoms with E-state index in [1.54, 1.807) is 20.3 Å². The van der Waals surface area contributed by atoms with Crippen LogP contribution in [0.5, 0.6) is 11.5 Å². The van der Waals surface area contributed by atoms with Gasteiger partial charge < -0.3 is 31.2 Å². The molecule has 1 aliphatic rings. The molecule has 2 aromatic rings. The highest BCUT2D eigenvalue weighted by Crippen LogP contribution is 2.29. The summed E-state index contributed by atoms with van der Waals surface area (Å²) in [7, 11) is 3.12. The van der Waals surface area contributed by atoms with Gasteiger partial charge in [0, 0.05) is 12.6 Å². The average Bonchev–Trinajstić information content (AvgIpc) is 3.50. The number of primary amides is 1. The number of hydrogen-bond donors (Lipinski definition) is 3. The topological polar surface area (TPSA) is 150 Å². The van der Waals surface area contributed by atoms with Gasteiger partial charge in [0.15, 0.2) is 17.2 Å². The van der Waals surface area contributed by atoms with E-state index in [0.29, 0.717) is 24.3 Å². The van der Waals surface area contributed by atoms with Gasteiger partial charge in [-0.3, -0.25) is 14.4 Å². The number of aromatic nitrogens is 1. The molecule has 0 spiro atoms. The molecule has 1 fully saturated rings. The Labute approximate surface area is 209 Å². The second kappa shape index (κ2) is 11.9. The van der Waals surface area contributed by atoms with Gasteiger partial charge in [0.2, 0.25) is 5.91 Å². The molecule has 35 heavy (non-hydrogen) atoms. The molecule has 0 unspecified atom stereocenters. The molecule has 1 aliphatic carbocycles. The lowest BCUT2D eigenvalue weighted by atomic mass is 10.1. The molecule has 11 heteroatoms. The van der Waals surface area contributed by atoms with Crippen LogP contribution in [-0.4, -0.2) is 59.8 Å². The normalized spacial score (nSPS) is 14.4. The summed E-state index contributed by atoms with van der Waals surface area (Å²) in [6, 6.07) is 4.93. The molecular weight excluding hydrogens is 470 g/mol. The van der Waals surface area contributed by atoms with E-state index in [4.69, 9.17) is 20.9 Å². The number of nitrogens with one attached hydrogen (secondary N) is 1. The van der Waals surface area contributed by atoms with Gasteiger partial charge in [-0.25, -0.2) is 0 Å². The zero-order valence-corrected chi connectivity index (χ0v) is 21.2. The van der Waals surface area contributed by atoms with Crippen LogP contribution < -0.4 is 26.3 Å². The molecule has 1 atom stereocenters. The number of methoxy groups -OCH3 is 2. The largest absolute Gasteiger partial charge is 0.493 e. The first-order chi connectivity index (χ1) is 16.8. The predicted molar refractivity (Wildman–Crippen MR) is 134 cm³/mol. The van der Waals surface area contributed by atoms with Crippen LogP contribution in [0, 0.1) is 0 Å². The number of nitrogens with two attached hydrogens (primary N) is 2. The van der Waals surface area contributed by atoms with E-state index in [-0.39, 0.29) is 34.8 Å². The maximum absolute atomic E-state index is 13.6. The van der Waals surface area contributed by atoms with Gasteiger partial charge in [-0.1, -0.05) is 25.8 Å². The molecule has 1 aromatic carbocycles. The number of carbonyl (C=O) groups is 3. The molecule has 0 saturated heterocycles. The van der Waals surface area contributed by atoms with Gasteiger partial charge in [0.25, 0.3) is 11.8 Å². The maximum atomic E-state index is 13.6. The van der Waals surface area contributed by atoms with Crippen molar-refractivity contribution in [1.82, 2.24) is 14.6 Å². The second-order valence-corrected chi connectivity index (χ2v) is 9.26. The van der Waals surface area contributed by atoms with E-state index in [9.17, 15) is 14.4 Å². The summed E-state index contributed by atoms with van der Waals surface area (Å²) in [6.45, 7) is 2.11. The van der Waals surface area contributed by atoms with E-state index in [1.165, 1.54) is 4.90 Å². The highest BCUT2D eigenvalue weighted by molar-refractivity contribution is 7.09. The fourth-order valence-electron chi connectivity index (χ4n) is 4.36. The molecule has 190 valence electrons. The van der Waals surface area contributed by atoms with Gasteiger partial charge in [0.05, 0.1) is 19.9 Å². The molecule has 0 radical (unpaired) electrons. The molecule has 3 rings (SSSR count). The zero-order chi connectivity index (χ0) is 25.5. The summed E-state index contributed by atoms with van der Waals surface area (Å²) in [4.78, 5) is 40.1. The van der Waals surface area contributed by atoms with Crippen LogP contribution in [0.2, 0.25) is 0 Å². The number of carbonyl (C=O) groups excluding carboxylic acids is 3. The summed E-state index contributed by atoms with van der Waals surface area (Å²) < 4.78 is 14.6. The van der Waals surface area contributed by atoms with Crippen molar-refractivity contribution in [2.45, 2.75) is 57.5 Å². The summed E-state index contributed by atoms with van der Waals surface area (Å²) in [6.07, 6.45) is 4.91. The van der Waals surface area contributed by atoms with Crippen molar-refractivity contribution >= 4 is 34.9 Å². The number of amides is 3. The Bertz CT molecular complexity index is 1070. The summed E-state index contributed by atoms with van der Waals surface area (Å²) in [5, 5.41) is 3.10. The Morgan fingerprint density at radius 3 is 2.46 bits per heavy atom. The van der Waals surface area contributed by atoms with Gasteiger partial charge in [-0.15, -0.1) is 0 Å². The van der Waals surface area contributed by atoms with E-state index in [1.807, 2.05) is 19.1 Å². The molecule has 1 saturated carbocycles. The SMILES string of the molecule is CC[C@@H](C(=O)NC1CCCC1)N(CCc1ccc(OC)c(OC)c1)C(=O)c1snc(C(N)=O)c1N. The van der Waals surface area contributed by atoms with Crippen LogP contribution in [0.15, 0.2) is 18.2 Å². The maximum Gasteiger partial charge on any atom is 0.270 e. The first-order valence-electron chi connectivity index (χ1n) is 11.7. The number of nitrogens with zero attached hydrogens (tertiary/aromatic N) is 2. The Hall–Kier alpha value is -3.34. The number of benzene rings is 1. The standard InChI is InChI=1S/C24H33N5O5S/c1-4-16(23(31)27-15-7-5-6-8-15)29(24(32)21-19(25)20(22(26)30)28-35-21)12-11-14-9-10-17(33-2)18(13-14)34-3/h9-10,13,15-16H,4-8,11-12,25H2,1-3H3,(H2,26,30)(H,27,31)/t16-/m0/s1. The predicted octanol–water partition coefficient (Wildman–Crippen LogP) is 2.36. The third-order valence-electron chi connectivity index (χ3n) is 6.27. The molecule has 1 aromatic heterocycles. The van der Waals surface area contributed by atoms with Crippen LogP contribution in [0.1, 0.15) is 64.8 Å². The minimum Gasteiger partial charge on any atom is -0.493 e. The van der Waals surface area contributed by atoms with Gasteiger partial charge >= 0.3 is 0 Å². The molecule has 5 N–H and O–H groups in total. The Balaban J connectivity index is 1.88. The first-order valence-corrected chi connectivity index (χ1v) is 12.4. The Morgan fingerprint density at radius 2 is 1.89 bits per heavy atom. The fraction of sp³-hybridized carbons (Fsp3) is 0.500. The van der Waals surface area contributed by atoms with E-state index in [2.05, 4.69) is 9.69 Å². The lowest BCUT2D eigenvalue weighted by Crippen LogP contribution is -2.51. The smallest absolute Gasteiger partial charge is 0.270 e. The van der Waals surface area contributed by atoms with Crippen LogP contribution in [0.3, 0.4) is 0 Å². The van der Waals surface area contributed by atoms with Crippen molar-refractivity contribution < 1.29 is 23.9 Å². The quantitative estimate of drug-likeness (QED) is 0.426. The van der Waals surface area contributed by atoms with Crippen molar-refractivity contribution in [3.05, 3.63) is 34.3 Å². The van der Waals surface area contributed by atoms with Crippen molar-refractivity contribution in [2.24, 2.45) is 5.73 Å². The Kier molecular flexibility index (Phi) is 8.91. The first kappa shape index (κ1) is 26.3. The fourth-order valence-corrected chi connectivity index (χ4v) is 5.12. The molecular formula is C24H33N5O5S. The minimum absolute atomic E-state index is 0.0605. The lowest BCUT2D eigenvalue weighted by molar-refractivity contribution is -0.126. The van der Waals surface area contributed by atoms with Crippen LogP contribution in [0.25, 0.3) is 0 Å². The van der Waals surface area contributed by atoms with E-state index >= 15 is 0 Å². The highest BCUT2D eigenvalue weighted by Gasteiger charge is 2.33. The highest BCUT2D eigenvalue weighted by atomic mass is 32.1. The van der Waals surface area contributed by atoms with Gasteiger partial charge in [-0.05, 0) is 54.9 Å². The second-order valence-electron chi connectivity index (χ2n) is 8.49. The van der Waals surface area contributed by atoms with Crippen molar-refractivity contribution in [2.75, 3.05) is 26.5 Å². The van der Waals surface area contributed by atoms with Crippen molar-refractivity contribution in [1.29, 1.82) is 0 Å². The zero-order valence-electron chi connectivity index (χ0n) is 20.3.